The van der Waals surface area contributed by atoms with Crippen LogP contribution in [0.15, 0.2) is 30.9 Å². The molecule has 0 radical (unpaired) electrons. The molecule has 1 aromatic rings. The van der Waals surface area contributed by atoms with Gasteiger partial charge in [0.15, 0.2) is 0 Å². The van der Waals surface area contributed by atoms with Crippen molar-refractivity contribution in [3.8, 4) is 0 Å². The first-order chi connectivity index (χ1) is 11.4. The molecule has 4 nitrogen and oxygen atoms in total. The Morgan fingerprint density at radius 3 is 2.08 bits per heavy atom. The molecule has 1 rings (SSSR count). The summed E-state index contributed by atoms with van der Waals surface area (Å²) in [6.07, 6.45) is 13.0. The van der Waals surface area contributed by atoms with Gasteiger partial charge < -0.3 is 10.2 Å². The van der Waals surface area contributed by atoms with Gasteiger partial charge in [-0.15, -0.1) is 6.58 Å². The Labute approximate surface area is 145 Å². The number of hydrogen-bond donors (Lipinski definition) is 2. The summed E-state index contributed by atoms with van der Waals surface area (Å²) in [5, 5.41) is 17.3. The zero-order chi connectivity index (χ0) is 18.4. The summed E-state index contributed by atoms with van der Waals surface area (Å²) in [5.41, 5.74) is 0.570. The fourth-order valence-electron chi connectivity index (χ4n) is 2.23. The van der Waals surface area contributed by atoms with Crippen LogP contribution < -0.4 is 0 Å². The van der Waals surface area contributed by atoms with Gasteiger partial charge >= 0.3 is 11.9 Å². The van der Waals surface area contributed by atoms with Crippen LogP contribution in [0.1, 0.15) is 84.6 Å². The number of carbonyl (C=O) groups is 2. The predicted octanol–water partition coefficient (Wildman–Crippen LogP) is 5.70. The molecular weight excluding hydrogens is 304 g/mol. The maximum absolute atomic E-state index is 10.6. The summed E-state index contributed by atoms with van der Waals surface area (Å²) in [5.74, 6) is -2.23. The molecule has 0 aromatic heterocycles. The molecule has 134 valence electrons. The van der Waals surface area contributed by atoms with E-state index in [0.717, 1.165) is 6.07 Å². The summed E-state index contributed by atoms with van der Waals surface area (Å²) in [6.45, 7) is 7.59. The van der Waals surface area contributed by atoms with Crippen LogP contribution >= 0.6 is 0 Å². The third-order valence-corrected chi connectivity index (χ3v) is 3.73. The minimum absolute atomic E-state index is 0.0111. The first kappa shape index (κ1) is 21.9. The quantitative estimate of drug-likeness (QED) is 0.425. The largest absolute Gasteiger partial charge is 0.478 e. The minimum Gasteiger partial charge on any atom is -0.478 e. The minimum atomic E-state index is -1.12. The summed E-state index contributed by atoms with van der Waals surface area (Å²) in [6, 6.07) is 4.01. The van der Waals surface area contributed by atoms with E-state index < -0.39 is 11.9 Å². The topological polar surface area (TPSA) is 74.6 Å². The molecule has 2 N–H and O–H groups in total. The lowest BCUT2D eigenvalue weighted by molar-refractivity contribution is 0.0695. The second-order valence-corrected chi connectivity index (χ2v) is 5.84. The van der Waals surface area contributed by atoms with E-state index in [9.17, 15) is 9.59 Å². The van der Waals surface area contributed by atoms with Gasteiger partial charge in [-0.25, -0.2) is 9.59 Å². The monoisotopic (exact) mass is 334 g/mol. The third-order valence-electron chi connectivity index (χ3n) is 3.73. The molecule has 0 atom stereocenters. The second kappa shape index (κ2) is 13.3. The van der Waals surface area contributed by atoms with Crippen molar-refractivity contribution in [3.05, 3.63) is 47.5 Å². The second-order valence-electron chi connectivity index (χ2n) is 5.84. The summed E-state index contributed by atoms with van der Waals surface area (Å²) in [7, 11) is 0. The molecule has 0 amide bonds. The molecule has 0 heterocycles. The van der Waals surface area contributed by atoms with E-state index in [2.05, 4.69) is 13.5 Å². The van der Waals surface area contributed by atoms with Crippen LogP contribution in [0.4, 0.5) is 0 Å². The van der Waals surface area contributed by atoms with Gasteiger partial charge in [0.2, 0.25) is 0 Å². The van der Waals surface area contributed by atoms with Crippen molar-refractivity contribution in [2.45, 2.75) is 65.2 Å². The molecule has 0 spiro atoms. The average Bonchev–Trinajstić information content (AvgIpc) is 2.54. The SMILES string of the molecule is C=CCCCCCCCCC.Cc1ccc(C(=O)O)cc1C(=O)O. The normalized spacial score (nSPS) is 9.75. The van der Waals surface area contributed by atoms with Crippen molar-refractivity contribution >= 4 is 11.9 Å². The molecule has 0 aliphatic carbocycles. The highest BCUT2D eigenvalue weighted by Gasteiger charge is 2.10. The Morgan fingerprint density at radius 1 is 1.00 bits per heavy atom. The highest BCUT2D eigenvalue weighted by Crippen LogP contribution is 2.11. The van der Waals surface area contributed by atoms with Gasteiger partial charge in [0.05, 0.1) is 11.1 Å². The molecule has 24 heavy (non-hydrogen) atoms. The van der Waals surface area contributed by atoms with Gasteiger partial charge in [-0.1, -0.05) is 57.6 Å². The molecule has 0 aliphatic heterocycles. The predicted molar refractivity (Wildman–Crippen MR) is 97.9 cm³/mol. The third kappa shape index (κ3) is 9.82. The molecular formula is C20H30O4. The molecule has 0 unspecified atom stereocenters. The van der Waals surface area contributed by atoms with E-state index in [1.807, 2.05) is 6.08 Å². The molecule has 4 heteroatoms. The molecule has 0 fully saturated rings. The van der Waals surface area contributed by atoms with Crippen molar-refractivity contribution < 1.29 is 19.8 Å². The zero-order valence-corrected chi connectivity index (χ0v) is 14.9. The van der Waals surface area contributed by atoms with E-state index in [1.165, 1.54) is 63.5 Å². The fraction of sp³-hybridized carbons (Fsp3) is 0.500. The first-order valence-corrected chi connectivity index (χ1v) is 8.62. The molecule has 0 saturated heterocycles. The van der Waals surface area contributed by atoms with Crippen molar-refractivity contribution in [2.75, 3.05) is 0 Å². The van der Waals surface area contributed by atoms with Crippen LogP contribution in [0, 0.1) is 6.92 Å². The summed E-state index contributed by atoms with van der Waals surface area (Å²) < 4.78 is 0. The lowest BCUT2D eigenvalue weighted by atomic mass is 10.1. The van der Waals surface area contributed by atoms with Crippen molar-refractivity contribution in [2.24, 2.45) is 0 Å². The number of carboxylic acid groups (broad SMARTS) is 2. The average molecular weight is 334 g/mol. The van der Waals surface area contributed by atoms with Crippen LogP contribution in [-0.2, 0) is 0 Å². The van der Waals surface area contributed by atoms with E-state index in [0.29, 0.717) is 5.56 Å². The Balaban J connectivity index is 0.000000449. The van der Waals surface area contributed by atoms with E-state index >= 15 is 0 Å². The first-order valence-electron chi connectivity index (χ1n) is 8.62. The highest BCUT2D eigenvalue weighted by molar-refractivity contribution is 5.94. The molecule has 0 aliphatic rings. The highest BCUT2D eigenvalue weighted by atomic mass is 16.4. The maximum Gasteiger partial charge on any atom is 0.335 e. The number of allylic oxidation sites excluding steroid dienone is 1. The van der Waals surface area contributed by atoms with Gasteiger partial charge in [-0.3, -0.25) is 0 Å². The van der Waals surface area contributed by atoms with Crippen LogP contribution in [0.3, 0.4) is 0 Å². The summed E-state index contributed by atoms with van der Waals surface area (Å²) >= 11 is 0. The lowest BCUT2D eigenvalue weighted by Gasteiger charge is -2.01. The number of rotatable bonds is 10. The number of aryl methyl sites for hydroxylation is 1. The van der Waals surface area contributed by atoms with Crippen molar-refractivity contribution in [1.29, 1.82) is 0 Å². The number of benzene rings is 1. The number of unbranched alkanes of at least 4 members (excludes halogenated alkanes) is 7. The fourth-order valence-corrected chi connectivity index (χ4v) is 2.23. The molecule has 0 saturated carbocycles. The number of aromatic carboxylic acids is 2. The summed E-state index contributed by atoms with van der Waals surface area (Å²) in [4.78, 5) is 21.1. The zero-order valence-electron chi connectivity index (χ0n) is 14.9. The van der Waals surface area contributed by atoms with Gasteiger partial charge in [-0.05, 0) is 37.5 Å². The standard InChI is InChI=1S/C11H22.C9H8O4/c1-3-5-7-9-11-10-8-6-4-2;1-5-2-3-6(8(10)11)4-7(5)9(12)13/h3H,1,4-11H2,2H3;2-4H,1H3,(H,10,11)(H,12,13). The Bertz CT molecular complexity index is 520. The van der Waals surface area contributed by atoms with Crippen LogP contribution in [0.2, 0.25) is 0 Å². The lowest BCUT2D eigenvalue weighted by Crippen LogP contribution is -2.03. The van der Waals surface area contributed by atoms with Crippen molar-refractivity contribution in [3.63, 3.8) is 0 Å². The maximum atomic E-state index is 10.6. The van der Waals surface area contributed by atoms with E-state index in [4.69, 9.17) is 10.2 Å². The smallest absolute Gasteiger partial charge is 0.335 e. The molecule has 1 aromatic carbocycles. The van der Waals surface area contributed by atoms with Gasteiger partial charge in [0.1, 0.15) is 0 Å². The van der Waals surface area contributed by atoms with Crippen LogP contribution in [0.25, 0.3) is 0 Å². The van der Waals surface area contributed by atoms with Gasteiger partial charge in [-0.2, -0.15) is 0 Å². The number of hydrogen-bond acceptors (Lipinski definition) is 2. The Morgan fingerprint density at radius 2 is 1.58 bits per heavy atom. The Kier molecular flexibility index (Phi) is 12.2. The number of carboxylic acids is 2. The van der Waals surface area contributed by atoms with Crippen molar-refractivity contribution in [1.82, 2.24) is 0 Å². The van der Waals surface area contributed by atoms with E-state index in [-0.39, 0.29) is 11.1 Å². The molecule has 0 bridgehead atoms. The van der Waals surface area contributed by atoms with Crippen LogP contribution in [-0.4, -0.2) is 22.2 Å². The van der Waals surface area contributed by atoms with Gasteiger partial charge in [0.25, 0.3) is 0 Å². The van der Waals surface area contributed by atoms with E-state index in [1.54, 1.807) is 6.92 Å². The van der Waals surface area contributed by atoms with Gasteiger partial charge in [0, 0.05) is 0 Å². The van der Waals surface area contributed by atoms with Crippen LogP contribution in [0.5, 0.6) is 0 Å². The Hall–Kier alpha value is -2.10.